The minimum atomic E-state index is -0.797. The Balaban J connectivity index is 1.29. The Labute approximate surface area is 292 Å². The summed E-state index contributed by atoms with van der Waals surface area (Å²) in [6.45, 7) is 13.9. The number of nitrogens with two attached hydrogens (primary N) is 2. The lowest BCUT2D eigenvalue weighted by molar-refractivity contribution is 0.0990. The number of benzene rings is 2. The molecular weight excluding hydrogens is 652 g/mol. The zero-order valence-corrected chi connectivity index (χ0v) is 28.9. The summed E-state index contributed by atoms with van der Waals surface area (Å²) in [5.41, 5.74) is 16.7. The van der Waals surface area contributed by atoms with Crippen LogP contribution >= 0.6 is 0 Å². The molecule has 0 fully saturated rings. The number of nitrogens with one attached hydrogen (secondary N) is 2. The Morgan fingerprint density at radius 3 is 2.00 bits per heavy atom. The van der Waals surface area contributed by atoms with Gasteiger partial charge in [-0.3, -0.25) is 29.1 Å². The van der Waals surface area contributed by atoms with Gasteiger partial charge in [0.05, 0.1) is 44.9 Å². The molecule has 51 heavy (non-hydrogen) atoms. The molecule has 4 aromatic heterocycles. The number of carbonyl (C=O) groups is 3. The van der Waals surface area contributed by atoms with Gasteiger partial charge in [-0.05, 0) is 83.0 Å². The maximum absolute atomic E-state index is 13.4. The topological polar surface area (TPSA) is 219 Å². The molecule has 0 aliphatic rings. The predicted octanol–water partition coefficient (Wildman–Crippen LogP) is 4.15. The van der Waals surface area contributed by atoms with Crippen molar-refractivity contribution < 1.29 is 19.5 Å². The van der Waals surface area contributed by atoms with Crippen LogP contribution in [0, 0.1) is 13.8 Å². The van der Waals surface area contributed by atoms with Gasteiger partial charge in [-0.15, -0.1) is 0 Å². The van der Waals surface area contributed by atoms with Crippen LogP contribution in [0.2, 0.25) is 0 Å². The van der Waals surface area contributed by atoms with Crippen LogP contribution in [-0.4, -0.2) is 61.5 Å². The van der Waals surface area contributed by atoms with Crippen LogP contribution in [0.4, 0.5) is 11.9 Å². The molecule has 264 valence electrons. The minimum Gasteiger partial charge on any atom is -0.505 e. The maximum atomic E-state index is 13.4. The zero-order chi connectivity index (χ0) is 36.6. The van der Waals surface area contributed by atoms with Crippen molar-refractivity contribution in [1.82, 2.24) is 38.7 Å². The standard InChI is InChI=1S/C35H40N12O4/c1-6-46-27(16-19(3)42-46)21(5)38-34-39-24-18-22(31(36)49)10-12-25(24)44(34)14-8-9-15-45-26-13-11-23(32(37)50)30(48)29(26)40-35(45)41-33(51)28-17-20(4)43-47(28)7-2/h10-13,16-18,48H,5-9,14-15H2,1-4H3,(H2,36,49)(H2,37,50)(H,38,39)(H,40,41,51). The van der Waals surface area contributed by atoms with Gasteiger partial charge < -0.3 is 31.0 Å². The van der Waals surface area contributed by atoms with E-state index in [1.807, 2.05) is 42.2 Å². The number of phenols is 1. The fourth-order valence-electron chi connectivity index (χ4n) is 6.21. The predicted molar refractivity (Wildman–Crippen MR) is 193 cm³/mol. The van der Waals surface area contributed by atoms with E-state index in [0.717, 1.165) is 16.9 Å². The number of hydrogen-bond acceptors (Lipinski definition) is 9. The summed E-state index contributed by atoms with van der Waals surface area (Å²) in [6.07, 6.45) is 1.26. The summed E-state index contributed by atoms with van der Waals surface area (Å²) in [7, 11) is 0. The first-order valence-electron chi connectivity index (χ1n) is 16.6. The number of hydrogen-bond donors (Lipinski definition) is 5. The summed E-state index contributed by atoms with van der Waals surface area (Å²) in [5.74, 6) is -1.40. The summed E-state index contributed by atoms with van der Waals surface area (Å²) in [6, 6.07) is 11.9. The quantitative estimate of drug-likeness (QED) is 0.103. The number of amides is 3. The van der Waals surface area contributed by atoms with Gasteiger partial charge in [0.25, 0.3) is 11.8 Å². The number of anilines is 2. The highest BCUT2D eigenvalue weighted by atomic mass is 16.3. The number of primary amides is 2. The number of nitrogens with zero attached hydrogens (tertiary/aromatic N) is 8. The van der Waals surface area contributed by atoms with Crippen LogP contribution in [0.15, 0.2) is 49.0 Å². The van der Waals surface area contributed by atoms with E-state index in [4.69, 9.17) is 16.5 Å². The molecule has 0 atom stereocenters. The molecule has 16 heteroatoms. The summed E-state index contributed by atoms with van der Waals surface area (Å²) in [5, 5.41) is 26.0. The molecule has 6 rings (SSSR count). The second kappa shape index (κ2) is 13.8. The van der Waals surface area contributed by atoms with Gasteiger partial charge in [0, 0.05) is 31.7 Å². The largest absolute Gasteiger partial charge is 0.505 e. The van der Waals surface area contributed by atoms with Crippen molar-refractivity contribution in [3.8, 4) is 5.75 Å². The van der Waals surface area contributed by atoms with Crippen molar-refractivity contribution in [1.29, 1.82) is 0 Å². The third-order valence-corrected chi connectivity index (χ3v) is 8.64. The van der Waals surface area contributed by atoms with E-state index in [0.29, 0.717) is 78.7 Å². The molecule has 0 saturated heterocycles. The highest BCUT2D eigenvalue weighted by molar-refractivity contribution is 6.05. The Morgan fingerprint density at radius 1 is 0.784 bits per heavy atom. The van der Waals surface area contributed by atoms with E-state index in [1.165, 1.54) is 6.07 Å². The SMILES string of the molecule is C=C(Nc1nc2cc(C(N)=O)ccc2n1CCCCn1c(NC(=O)c2cc(C)nn2CC)nc2c(O)c(C(N)=O)ccc21)c1cc(C)nn1CC. The van der Waals surface area contributed by atoms with E-state index in [1.54, 1.807) is 40.4 Å². The third kappa shape index (κ3) is 6.62. The smallest absolute Gasteiger partial charge is 0.276 e. The van der Waals surface area contributed by atoms with Gasteiger partial charge in [-0.2, -0.15) is 10.2 Å². The molecule has 3 amide bonds. The molecule has 0 radical (unpaired) electrons. The van der Waals surface area contributed by atoms with Gasteiger partial charge >= 0.3 is 0 Å². The molecule has 0 unspecified atom stereocenters. The third-order valence-electron chi connectivity index (χ3n) is 8.64. The van der Waals surface area contributed by atoms with Crippen LogP contribution in [0.25, 0.3) is 27.8 Å². The van der Waals surface area contributed by atoms with Crippen LogP contribution in [0.5, 0.6) is 5.75 Å². The van der Waals surface area contributed by atoms with Gasteiger partial charge in [-0.1, -0.05) is 6.58 Å². The number of rotatable bonds is 14. The van der Waals surface area contributed by atoms with E-state index in [2.05, 4.69) is 32.4 Å². The molecule has 6 aromatic rings. The van der Waals surface area contributed by atoms with Crippen LogP contribution in [0.1, 0.15) is 75.0 Å². The van der Waals surface area contributed by atoms with Crippen LogP contribution < -0.4 is 22.1 Å². The maximum Gasteiger partial charge on any atom is 0.276 e. The highest BCUT2D eigenvalue weighted by Gasteiger charge is 2.22. The van der Waals surface area contributed by atoms with E-state index < -0.39 is 17.7 Å². The number of aryl methyl sites for hydroxylation is 6. The second-order valence-electron chi connectivity index (χ2n) is 12.2. The average molecular weight is 693 g/mol. The number of aromatic hydroxyl groups is 1. The van der Waals surface area contributed by atoms with Crippen molar-refractivity contribution in [3.63, 3.8) is 0 Å². The van der Waals surface area contributed by atoms with Gasteiger partial charge in [0.1, 0.15) is 11.2 Å². The molecular formula is C35H40N12O4. The van der Waals surface area contributed by atoms with Crippen molar-refractivity contribution >= 4 is 57.4 Å². The molecule has 16 nitrogen and oxygen atoms in total. The van der Waals surface area contributed by atoms with Crippen molar-refractivity contribution in [3.05, 3.63) is 82.9 Å². The molecule has 0 aliphatic heterocycles. The molecule has 7 N–H and O–H groups in total. The molecule has 0 bridgehead atoms. The fourth-order valence-corrected chi connectivity index (χ4v) is 6.21. The molecule has 0 aliphatic carbocycles. The lowest BCUT2D eigenvalue weighted by atomic mass is 10.1. The molecule has 0 spiro atoms. The van der Waals surface area contributed by atoms with Crippen molar-refractivity contribution in [2.75, 3.05) is 10.6 Å². The van der Waals surface area contributed by atoms with Crippen LogP contribution in [0.3, 0.4) is 0 Å². The van der Waals surface area contributed by atoms with E-state index >= 15 is 0 Å². The Hall–Kier alpha value is -6.45. The first-order valence-corrected chi connectivity index (χ1v) is 16.6. The number of imidazole rings is 2. The summed E-state index contributed by atoms with van der Waals surface area (Å²) < 4.78 is 7.26. The number of aromatic nitrogens is 8. The van der Waals surface area contributed by atoms with Crippen molar-refractivity contribution in [2.45, 2.75) is 66.7 Å². The van der Waals surface area contributed by atoms with Crippen molar-refractivity contribution in [2.24, 2.45) is 11.5 Å². The number of fused-ring (bicyclic) bond motifs is 2. The number of carbonyl (C=O) groups excluding carboxylic acids is 3. The lowest BCUT2D eigenvalue weighted by Crippen LogP contribution is -2.20. The zero-order valence-electron chi connectivity index (χ0n) is 28.9. The molecule has 0 saturated carbocycles. The van der Waals surface area contributed by atoms with Gasteiger partial charge in [0.15, 0.2) is 5.75 Å². The summed E-state index contributed by atoms with van der Waals surface area (Å²) in [4.78, 5) is 46.7. The fraction of sp³-hybridized carbons (Fsp3) is 0.286. The molecule has 2 aromatic carbocycles. The van der Waals surface area contributed by atoms with Gasteiger partial charge in [0.2, 0.25) is 17.8 Å². The van der Waals surface area contributed by atoms with Crippen LogP contribution in [-0.2, 0) is 26.2 Å². The monoisotopic (exact) mass is 692 g/mol. The Morgan fingerprint density at radius 2 is 1.37 bits per heavy atom. The minimum absolute atomic E-state index is 0.0741. The Bertz CT molecular complexity index is 2340. The number of unbranched alkanes of at least 4 members (excludes halogenated alkanes) is 1. The normalized spacial score (nSPS) is 11.4. The summed E-state index contributed by atoms with van der Waals surface area (Å²) >= 11 is 0. The average Bonchev–Trinajstić information content (AvgIpc) is 3.85. The Kier molecular flexibility index (Phi) is 9.32. The highest BCUT2D eigenvalue weighted by Crippen LogP contribution is 2.32. The van der Waals surface area contributed by atoms with Gasteiger partial charge in [-0.25, -0.2) is 9.97 Å². The molecule has 4 heterocycles. The first-order chi connectivity index (χ1) is 24.4. The van der Waals surface area contributed by atoms with E-state index in [-0.39, 0.29) is 22.8 Å². The lowest BCUT2D eigenvalue weighted by Gasteiger charge is -2.14. The second-order valence-corrected chi connectivity index (χ2v) is 12.2. The first kappa shape index (κ1) is 34.4. The van der Waals surface area contributed by atoms with E-state index in [9.17, 15) is 19.5 Å².